The van der Waals surface area contributed by atoms with Crippen molar-refractivity contribution >= 4 is 33.7 Å². The van der Waals surface area contributed by atoms with Gasteiger partial charge in [-0.05, 0) is 30.3 Å². The molecule has 0 radical (unpaired) electrons. The predicted octanol–water partition coefficient (Wildman–Crippen LogP) is 3.33. The highest BCUT2D eigenvalue weighted by molar-refractivity contribution is 6.07. The van der Waals surface area contributed by atoms with Gasteiger partial charge in [0, 0.05) is 30.1 Å². The molecule has 35 heavy (non-hydrogen) atoms. The third-order valence-corrected chi connectivity index (χ3v) is 5.49. The summed E-state index contributed by atoms with van der Waals surface area (Å²) in [5.74, 6) is -0.637. The van der Waals surface area contributed by atoms with Crippen molar-refractivity contribution in [2.75, 3.05) is 12.3 Å². The van der Waals surface area contributed by atoms with Gasteiger partial charge in [-0.3, -0.25) is 9.89 Å². The number of hydrogen-bond acceptors (Lipinski definition) is 6. The number of hydrogen-bond donors (Lipinski definition) is 3. The monoisotopic (exact) mass is 480 g/mol. The van der Waals surface area contributed by atoms with Crippen LogP contribution in [-0.4, -0.2) is 48.6 Å². The molecule has 0 aliphatic carbocycles. The van der Waals surface area contributed by atoms with Gasteiger partial charge in [-0.1, -0.05) is 6.07 Å². The number of nitrogen functional groups attached to an aromatic ring is 1. The minimum absolute atomic E-state index is 0.0413. The average molecular weight is 480 g/mol. The van der Waals surface area contributed by atoms with Gasteiger partial charge in [0.1, 0.15) is 22.9 Å². The molecule has 0 bridgehead atoms. The maximum atomic E-state index is 13.5. The number of amides is 1. The minimum atomic E-state index is -2.64. The van der Waals surface area contributed by atoms with Crippen LogP contribution in [0.2, 0.25) is 0 Å². The van der Waals surface area contributed by atoms with Crippen molar-refractivity contribution in [3.63, 3.8) is 0 Å². The van der Waals surface area contributed by atoms with Crippen LogP contribution >= 0.6 is 0 Å². The summed E-state index contributed by atoms with van der Waals surface area (Å²) in [4.78, 5) is 24.9. The molecule has 0 fully saturated rings. The quantitative estimate of drug-likeness (QED) is 0.328. The summed E-state index contributed by atoms with van der Waals surface area (Å²) in [6.45, 7) is -0.502. The first kappa shape index (κ1) is 22.3. The van der Waals surface area contributed by atoms with Crippen LogP contribution < -0.4 is 11.1 Å². The smallest absolute Gasteiger partial charge is 0.269 e. The number of pyridine rings is 2. The van der Waals surface area contributed by atoms with Crippen molar-refractivity contribution in [1.82, 2.24) is 35.0 Å². The summed E-state index contributed by atoms with van der Waals surface area (Å²) in [5.41, 5.74) is 8.99. The third-order valence-electron chi connectivity index (χ3n) is 5.49. The van der Waals surface area contributed by atoms with Crippen molar-refractivity contribution in [2.45, 2.75) is 19.4 Å². The highest BCUT2D eigenvalue weighted by Crippen LogP contribution is 2.32. The lowest BCUT2D eigenvalue weighted by Gasteiger charge is -2.11. The predicted molar refractivity (Wildman–Crippen MR) is 123 cm³/mol. The summed E-state index contributed by atoms with van der Waals surface area (Å²) in [6, 6.07) is 9.58. The van der Waals surface area contributed by atoms with E-state index < -0.39 is 24.7 Å². The Hall–Kier alpha value is -4.48. The number of fused-ring (bicyclic) bond motifs is 3. The number of rotatable bonds is 7. The average Bonchev–Trinajstić information content (AvgIpc) is 3.48. The van der Waals surface area contributed by atoms with Crippen molar-refractivity contribution in [3.8, 4) is 11.3 Å². The lowest BCUT2D eigenvalue weighted by molar-refractivity contribution is 0.0948. The van der Waals surface area contributed by atoms with Gasteiger partial charge in [0.15, 0.2) is 5.82 Å². The molecule has 0 saturated heterocycles. The number of nitrogens with two attached hydrogens (primary N) is 1. The lowest BCUT2D eigenvalue weighted by Crippen LogP contribution is -2.27. The van der Waals surface area contributed by atoms with Crippen molar-refractivity contribution in [1.29, 1.82) is 0 Å². The Balaban J connectivity index is 1.49. The number of aromatic amines is 1. The summed E-state index contributed by atoms with van der Waals surface area (Å²) in [7, 11) is 0. The van der Waals surface area contributed by atoms with E-state index >= 15 is 0 Å². The molecule has 5 aromatic rings. The van der Waals surface area contributed by atoms with Gasteiger partial charge in [-0.15, -0.1) is 0 Å². The molecule has 0 saturated carbocycles. The SMILES string of the molecule is Nc1nc2cc(-c3cc[nH]n3)ccc2c2c1nc(CCNC(=O)c1ccc(F)cn1)n2CC(F)F. The zero-order chi connectivity index (χ0) is 24.5. The van der Waals surface area contributed by atoms with E-state index in [1.54, 1.807) is 24.4 Å². The van der Waals surface area contributed by atoms with E-state index in [9.17, 15) is 18.0 Å². The second-order valence-corrected chi connectivity index (χ2v) is 7.78. The minimum Gasteiger partial charge on any atom is -0.382 e. The van der Waals surface area contributed by atoms with Crippen LogP contribution in [0, 0.1) is 5.82 Å². The Morgan fingerprint density at radius 3 is 2.74 bits per heavy atom. The number of anilines is 1. The first-order valence-electron chi connectivity index (χ1n) is 10.7. The fourth-order valence-electron chi connectivity index (χ4n) is 3.95. The molecule has 0 aliphatic rings. The number of nitrogens with one attached hydrogen (secondary N) is 2. The van der Waals surface area contributed by atoms with Crippen LogP contribution in [0.4, 0.5) is 19.0 Å². The molecule has 178 valence electrons. The van der Waals surface area contributed by atoms with Gasteiger partial charge in [0.2, 0.25) is 0 Å². The number of carbonyl (C=O) groups is 1. The maximum absolute atomic E-state index is 13.5. The van der Waals surface area contributed by atoms with Crippen LogP contribution in [0.25, 0.3) is 33.2 Å². The largest absolute Gasteiger partial charge is 0.382 e. The van der Waals surface area contributed by atoms with E-state index in [2.05, 4.69) is 30.5 Å². The molecule has 4 N–H and O–H groups in total. The second kappa shape index (κ2) is 9.05. The fraction of sp³-hybridized carbons (Fsp3) is 0.174. The van der Waals surface area contributed by atoms with Crippen LogP contribution in [0.1, 0.15) is 16.3 Å². The van der Waals surface area contributed by atoms with Crippen molar-refractivity contribution in [3.05, 3.63) is 66.1 Å². The van der Waals surface area contributed by atoms with E-state index in [1.165, 1.54) is 10.6 Å². The molecule has 0 atom stereocenters. The number of alkyl halides is 2. The maximum Gasteiger partial charge on any atom is 0.269 e. The Kier molecular flexibility index (Phi) is 5.77. The van der Waals surface area contributed by atoms with E-state index in [0.29, 0.717) is 33.5 Å². The molecule has 12 heteroatoms. The molecule has 4 aromatic heterocycles. The fourth-order valence-corrected chi connectivity index (χ4v) is 3.95. The number of benzene rings is 1. The number of aromatic nitrogens is 6. The Labute approximate surface area is 196 Å². The van der Waals surface area contributed by atoms with Gasteiger partial charge in [0.25, 0.3) is 12.3 Å². The van der Waals surface area contributed by atoms with E-state index in [-0.39, 0.29) is 24.5 Å². The summed E-state index contributed by atoms with van der Waals surface area (Å²) < 4.78 is 41.5. The van der Waals surface area contributed by atoms with Crippen LogP contribution in [-0.2, 0) is 13.0 Å². The molecule has 0 spiro atoms. The molecule has 5 rings (SSSR count). The van der Waals surface area contributed by atoms with Gasteiger partial charge < -0.3 is 15.6 Å². The summed E-state index contributed by atoms with van der Waals surface area (Å²) in [6.07, 6.45) is 0.145. The van der Waals surface area contributed by atoms with Crippen LogP contribution in [0.3, 0.4) is 0 Å². The summed E-state index contributed by atoms with van der Waals surface area (Å²) in [5, 5.41) is 10.2. The first-order chi connectivity index (χ1) is 16.9. The van der Waals surface area contributed by atoms with Crippen molar-refractivity contribution < 1.29 is 18.0 Å². The molecular weight excluding hydrogens is 461 g/mol. The Morgan fingerprint density at radius 2 is 2.03 bits per heavy atom. The van der Waals surface area contributed by atoms with Crippen LogP contribution in [0.15, 0.2) is 48.8 Å². The number of imidazole rings is 1. The number of halogens is 3. The number of carbonyl (C=O) groups excluding carboxylic acids is 1. The number of nitrogens with zero attached hydrogens (tertiary/aromatic N) is 5. The lowest BCUT2D eigenvalue weighted by atomic mass is 10.1. The zero-order valence-electron chi connectivity index (χ0n) is 18.2. The van der Waals surface area contributed by atoms with Gasteiger partial charge >= 0.3 is 0 Å². The van der Waals surface area contributed by atoms with Gasteiger partial charge in [-0.25, -0.2) is 28.1 Å². The summed E-state index contributed by atoms with van der Waals surface area (Å²) >= 11 is 0. The molecule has 4 heterocycles. The molecule has 1 aromatic carbocycles. The van der Waals surface area contributed by atoms with E-state index in [1.807, 2.05) is 6.07 Å². The van der Waals surface area contributed by atoms with Gasteiger partial charge in [-0.2, -0.15) is 5.10 Å². The van der Waals surface area contributed by atoms with E-state index in [0.717, 1.165) is 17.8 Å². The second-order valence-electron chi connectivity index (χ2n) is 7.78. The molecule has 9 nitrogen and oxygen atoms in total. The van der Waals surface area contributed by atoms with Crippen molar-refractivity contribution in [2.24, 2.45) is 0 Å². The standard InChI is InChI=1S/C23H19F3N8O/c24-13-2-4-16(29-10-13)23(35)28-7-6-19-32-20-21(34(19)11-18(25)26)14-3-1-12(15-5-8-30-33-15)9-17(14)31-22(20)27/h1-5,8-10,18H,6-7,11H2,(H2,27,31)(H,28,35)(H,30,33). The van der Waals surface area contributed by atoms with Gasteiger partial charge in [0.05, 0.1) is 29.5 Å². The Bertz CT molecular complexity index is 1510. The molecule has 1 amide bonds. The third kappa shape index (κ3) is 4.37. The van der Waals surface area contributed by atoms with Crippen LogP contribution in [0.5, 0.6) is 0 Å². The highest BCUT2D eigenvalue weighted by Gasteiger charge is 2.20. The van der Waals surface area contributed by atoms with E-state index in [4.69, 9.17) is 5.73 Å². The highest BCUT2D eigenvalue weighted by atomic mass is 19.3. The molecular formula is C23H19F3N8O. The first-order valence-corrected chi connectivity index (χ1v) is 10.7. The molecule has 0 aliphatic heterocycles. The molecule has 0 unspecified atom stereocenters. The zero-order valence-corrected chi connectivity index (χ0v) is 18.2. The number of H-pyrrole nitrogens is 1. The topological polar surface area (TPSA) is 127 Å². The Morgan fingerprint density at radius 1 is 1.17 bits per heavy atom. The normalized spacial score (nSPS) is 11.5.